The average molecular weight is 416 g/mol. The van der Waals surface area contributed by atoms with Crippen LogP contribution in [0, 0.1) is 0 Å². The summed E-state index contributed by atoms with van der Waals surface area (Å²) in [7, 11) is 0. The molecule has 0 bridgehead atoms. The molecule has 2 heterocycles. The zero-order chi connectivity index (χ0) is 20.4. The van der Waals surface area contributed by atoms with Crippen molar-refractivity contribution in [1.29, 1.82) is 0 Å². The van der Waals surface area contributed by atoms with Crippen molar-refractivity contribution < 1.29 is 18.0 Å². The highest BCUT2D eigenvalue weighted by atomic mass is 32.1. The number of rotatable bonds is 4. The first kappa shape index (κ1) is 19.2. The van der Waals surface area contributed by atoms with Crippen LogP contribution in [0.15, 0.2) is 60.7 Å². The number of carbonyl (C=O) groups is 1. The Morgan fingerprint density at radius 2 is 1.93 bits per heavy atom. The average Bonchev–Trinajstić information content (AvgIpc) is 3.27. The van der Waals surface area contributed by atoms with E-state index in [1.165, 1.54) is 35.6 Å². The maximum atomic E-state index is 12.8. The third-order valence-corrected chi connectivity index (χ3v) is 5.29. The Morgan fingerprint density at radius 1 is 1.14 bits per heavy atom. The number of hydrogen-bond donors (Lipinski definition) is 3. The minimum atomic E-state index is -4.43. The van der Waals surface area contributed by atoms with E-state index < -0.39 is 17.6 Å². The van der Waals surface area contributed by atoms with Gasteiger partial charge in [0.05, 0.1) is 16.5 Å². The molecule has 3 N–H and O–H groups in total. The number of nitrogens with zero attached hydrogens (tertiary/aromatic N) is 1. The van der Waals surface area contributed by atoms with Crippen LogP contribution in [-0.2, 0) is 11.0 Å². The van der Waals surface area contributed by atoms with E-state index in [0.29, 0.717) is 10.9 Å². The summed E-state index contributed by atoms with van der Waals surface area (Å²) >= 11 is 1.33. The van der Waals surface area contributed by atoms with Crippen molar-refractivity contribution >= 4 is 34.3 Å². The molecule has 0 spiro atoms. The van der Waals surface area contributed by atoms with Crippen LogP contribution in [0.1, 0.15) is 27.6 Å². The van der Waals surface area contributed by atoms with Crippen LogP contribution in [0.2, 0.25) is 0 Å². The van der Waals surface area contributed by atoms with Gasteiger partial charge in [-0.05, 0) is 29.3 Å². The molecule has 0 saturated carbocycles. The molecule has 3 aromatic rings. The number of amides is 1. The minimum absolute atomic E-state index is 0.0741. The molecule has 1 aliphatic rings. The number of hydrogen-bond acceptors (Lipinski definition) is 5. The summed E-state index contributed by atoms with van der Waals surface area (Å²) in [5.41, 5.74) is 6.72. The second-order valence-corrected chi connectivity index (χ2v) is 7.32. The van der Waals surface area contributed by atoms with Gasteiger partial charge in [0.25, 0.3) is 0 Å². The summed E-state index contributed by atoms with van der Waals surface area (Å²) in [4.78, 5) is 17.4. The van der Waals surface area contributed by atoms with Gasteiger partial charge in [0.1, 0.15) is 0 Å². The molecule has 5 nitrogen and oxygen atoms in total. The van der Waals surface area contributed by atoms with E-state index in [2.05, 4.69) is 21.2 Å². The van der Waals surface area contributed by atoms with Crippen molar-refractivity contribution in [3.63, 3.8) is 0 Å². The van der Waals surface area contributed by atoms with Crippen molar-refractivity contribution in [3.8, 4) is 0 Å². The molecule has 0 aliphatic carbocycles. The maximum absolute atomic E-state index is 12.8. The fraction of sp³-hybridized carbons (Fsp3) is 0.100. The lowest BCUT2D eigenvalue weighted by atomic mass is 10.1. The Bertz CT molecular complexity index is 1060. The predicted octanol–water partition coefficient (Wildman–Crippen LogP) is 4.83. The number of aromatic nitrogens is 1. The predicted molar refractivity (Wildman–Crippen MR) is 106 cm³/mol. The normalized spacial score (nSPS) is 15.9. The monoisotopic (exact) mass is 416 g/mol. The van der Waals surface area contributed by atoms with E-state index in [-0.39, 0.29) is 11.6 Å². The summed E-state index contributed by atoms with van der Waals surface area (Å²) < 4.78 is 38.3. The molecule has 1 aromatic heterocycles. The van der Waals surface area contributed by atoms with Gasteiger partial charge < -0.3 is 5.43 Å². The van der Waals surface area contributed by atoms with Crippen molar-refractivity contribution in [2.75, 3.05) is 10.7 Å². The maximum Gasteiger partial charge on any atom is 0.416 e. The number of alkyl halides is 3. The SMILES string of the molecule is O=C(/C=C/c1cccc(C(F)(F)F)c1)Nc1nc2c(s1)C(c1ccccc1)NN2. The lowest BCUT2D eigenvalue weighted by Gasteiger charge is -2.09. The molecule has 9 heteroatoms. The van der Waals surface area contributed by atoms with E-state index in [1.54, 1.807) is 0 Å². The fourth-order valence-corrected chi connectivity index (χ4v) is 3.90. The molecule has 1 amide bonds. The number of benzene rings is 2. The number of carbonyl (C=O) groups excluding carboxylic acids is 1. The Hall–Kier alpha value is -3.17. The third-order valence-electron chi connectivity index (χ3n) is 4.25. The van der Waals surface area contributed by atoms with Crippen LogP contribution in [0.5, 0.6) is 0 Å². The molecular formula is C20H15F3N4OS. The van der Waals surface area contributed by atoms with Crippen molar-refractivity contribution in [2.45, 2.75) is 12.2 Å². The van der Waals surface area contributed by atoms with Crippen LogP contribution in [-0.4, -0.2) is 10.9 Å². The molecule has 4 rings (SSSR count). The highest BCUT2D eigenvalue weighted by Crippen LogP contribution is 2.39. The lowest BCUT2D eigenvalue weighted by Crippen LogP contribution is -2.20. The van der Waals surface area contributed by atoms with Crippen LogP contribution in [0.25, 0.3) is 6.08 Å². The molecule has 0 radical (unpaired) electrons. The van der Waals surface area contributed by atoms with Crippen LogP contribution < -0.4 is 16.2 Å². The number of halogens is 3. The number of fused-ring (bicyclic) bond motifs is 1. The molecule has 1 atom stereocenters. The smallest absolute Gasteiger partial charge is 0.304 e. The van der Waals surface area contributed by atoms with Crippen molar-refractivity contribution in [3.05, 3.63) is 82.2 Å². The fourth-order valence-electron chi connectivity index (χ4n) is 2.89. The second-order valence-electron chi connectivity index (χ2n) is 6.29. The van der Waals surface area contributed by atoms with Gasteiger partial charge >= 0.3 is 6.18 Å². The molecule has 0 saturated heterocycles. The van der Waals surface area contributed by atoms with Gasteiger partial charge in [-0.1, -0.05) is 53.8 Å². The molecule has 148 valence electrons. The van der Waals surface area contributed by atoms with Crippen LogP contribution >= 0.6 is 11.3 Å². The molecular weight excluding hydrogens is 401 g/mol. The lowest BCUT2D eigenvalue weighted by molar-refractivity contribution is -0.137. The highest BCUT2D eigenvalue weighted by molar-refractivity contribution is 7.16. The number of anilines is 2. The quantitative estimate of drug-likeness (QED) is 0.533. The van der Waals surface area contributed by atoms with Gasteiger partial charge in [0, 0.05) is 6.08 Å². The highest BCUT2D eigenvalue weighted by Gasteiger charge is 2.30. The number of hydrazine groups is 1. The van der Waals surface area contributed by atoms with Crippen LogP contribution in [0.3, 0.4) is 0 Å². The summed E-state index contributed by atoms with van der Waals surface area (Å²) in [6.45, 7) is 0. The summed E-state index contributed by atoms with van der Waals surface area (Å²) in [6.07, 6.45) is -1.91. The van der Waals surface area contributed by atoms with Gasteiger partial charge in [-0.3, -0.25) is 10.1 Å². The van der Waals surface area contributed by atoms with E-state index in [9.17, 15) is 18.0 Å². The first-order valence-electron chi connectivity index (χ1n) is 8.64. The van der Waals surface area contributed by atoms with Crippen molar-refractivity contribution in [2.24, 2.45) is 0 Å². The third kappa shape index (κ3) is 4.30. The summed E-state index contributed by atoms with van der Waals surface area (Å²) in [5, 5.41) is 3.06. The molecule has 1 aliphatic heterocycles. The zero-order valence-electron chi connectivity index (χ0n) is 14.8. The second kappa shape index (κ2) is 7.69. The van der Waals surface area contributed by atoms with Gasteiger partial charge in [-0.15, -0.1) is 0 Å². The topological polar surface area (TPSA) is 66.0 Å². The molecule has 0 fully saturated rings. The van der Waals surface area contributed by atoms with E-state index in [1.807, 2.05) is 30.3 Å². The molecule has 1 unspecified atom stereocenters. The van der Waals surface area contributed by atoms with Crippen LogP contribution in [0.4, 0.5) is 24.1 Å². The van der Waals surface area contributed by atoms with Gasteiger partial charge in [-0.2, -0.15) is 13.2 Å². The number of thiazole rings is 1. The largest absolute Gasteiger partial charge is 0.416 e. The number of nitrogens with one attached hydrogen (secondary N) is 3. The van der Waals surface area contributed by atoms with Gasteiger partial charge in [0.15, 0.2) is 10.9 Å². The first-order valence-corrected chi connectivity index (χ1v) is 9.45. The van der Waals surface area contributed by atoms with E-state index in [0.717, 1.165) is 22.6 Å². The minimum Gasteiger partial charge on any atom is -0.304 e. The summed E-state index contributed by atoms with van der Waals surface area (Å²) in [5.74, 6) is 0.167. The zero-order valence-corrected chi connectivity index (χ0v) is 15.6. The van der Waals surface area contributed by atoms with Crippen molar-refractivity contribution in [1.82, 2.24) is 10.4 Å². The van der Waals surface area contributed by atoms with Gasteiger partial charge in [0.2, 0.25) is 5.91 Å². The van der Waals surface area contributed by atoms with E-state index >= 15 is 0 Å². The standard InChI is InChI=1S/C20H15F3N4OS/c21-20(22,23)14-8-4-5-12(11-14)9-10-15(28)24-19-25-18-17(29-19)16(26-27-18)13-6-2-1-3-7-13/h1-11,16,26-27H,(H,24,25,28)/b10-9+. The Kier molecular flexibility index (Phi) is 5.08. The van der Waals surface area contributed by atoms with E-state index in [4.69, 9.17) is 0 Å². The first-order chi connectivity index (χ1) is 13.9. The molecule has 29 heavy (non-hydrogen) atoms. The Balaban J connectivity index is 1.45. The van der Waals surface area contributed by atoms with Gasteiger partial charge in [-0.25, -0.2) is 10.4 Å². The summed E-state index contributed by atoms with van der Waals surface area (Å²) in [6, 6.07) is 14.5. The Labute approximate surface area is 168 Å². The Morgan fingerprint density at radius 3 is 2.69 bits per heavy atom. The molecule has 2 aromatic carbocycles.